The number of nitrogens with zero attached hydrogens (tertiary/aromatic N) is 5. The summed E-state index contributed by atoms with van der Waals surface area (Å²) >= 11 is 0. The van der Waals surface area contributed by atoms with Gasteiger partial charge in [-0.2, -0.15) is 4.80 Å². The number of amides is 1. The van der Waals surface area contributed by atoms with Crippen LogP contribution in [0.25, 0.3) is 11.4 Å². The normalized spacial score (nSPS) is 12.5. The van der Waals surface area contributed by atoms with E-state index < -0.39 is 35.1 Å². The number of hydrogen-bond acceptors (Lipinski definition) is 9. The summed E-state index contributed by atoms with van der Waals surface area (Å²) in [6.45, 7) is 10.7. The lowest BCUT2D eigenvalue weighted by atomic mass is 10.1. The molecule has 1 N–H and O–H groups in total. The zero-order chi connectivity index (χ0) is 28.6. The number of benzene rings is 1. The Balaban J connectivity index is 1.66. The summed E-state index contributed by atoms with van der Waals surface area (Å²) in [6, 6.07) is 9.23. The van der Waals surface area contributed by atoms with E-state index in [2.05, 4.69) is 25.7 Å². The molecule has 2 aromatic heterocycles. The van der Waals surface area contributed by atoms with Crippen LogP contribution >= 0.6 is 0 Å². The van der Waals surface area contributed by atoms with Gasteiger partial charge in [-0.05, 0) is 71.0 Å². The standard InChI is InChI=1S/C27H35FN6O5/c1-26(2,3)38-23(35)15-19(30-25(36)39-27(4,5)6)17-34-32-24(31-33-34)21-11-10-20(16-22(21)28)37-14-12-18-9-7-8-13-29-18/h7-11,13,16,19H,12,14-15,17H2,1-6H3,(H,30,36)/t19-/m0/s1. The van der Waals surface area contributed by atoms with Gasteiger partial charge in [0, 0.05) is 24.4 Å². The van der Waals surface area contributed by atoms with Crippen LogP contribution in [0.4, 0.5) is 9.18 Å². The van der Waals surface area contributed by atoms with Gasteiger partial charge in [0.25, 0.3) is 0 Å². The lowest BCUT2D eigenvalue weighted by molar-refractivity contribution is -0.155. The topological polar surface area (TPSA) is 130 Å². The lowest BCUT2D eigenvalue weighted by Crippen LogP contribution is -2.43. The summed E-state index contributed by atoms with van der Waals surface area (Å²) in [5.41, 5.74) is -0.424. The first kappa shape index (κ1) is 29.5. The van der Waals surface area contributed by atoms with Crippen molar-refractivity contribution in [3.05, 3.63) is 54.1 Å². The number of ether oxygens (including phenoxy) is 3. The third-order valence-electron chi connectivity index (χ3n) is 4.93. The predicted molar refractivity (Wildman–Crippen MR) is 140 cm³/mol. The summed E-state index contributed by atoms with van der Waals surface area (Å²) in [5, 5.41) is 14.8. The molecule has 39 heavy (non-hydrogen) atoms. The van der Waals surface area contributed by atoms with E-state index in [9.17, 15) is 14.0 Å². The van der Waals surface area contributed by atoms with E-state index in [1.54, 1.807) is 53.8 Å². The molecule has 0 aliphatic heterocycles. The minimum atomic E-state index is -0.767. The zero-order valence-electron chi connectivity index (χ0n) is 23.1. The molecule has 0 saturated heterocycles. The second-order valence-corrected chi connectivity index (χ2v) is 10.9. The molecule has 0 fully saturated rings. The van der Waals surface area contributed by atoms with Crippen molar-refractivity contribution >= 4 is 12.1 Å². The smallest absolute Gasteiger partial charge is 0.407 e. The van der Waals surface area contributed by atoms with Crippen LogP contribution in [0.15, 0.2) is 42.6 Å². The van der Waals surface area contributed by atoms with Crippen molar-refractivity contribution in [2.75, 3.05) is 6.61 Å². The van der Waals surface area contributed by atoms with Crippen LogP contribution < -0.4 is 10.1 Å². The monoisotopic (exact) mass is 542 g/mol. The van der Waals surface area contributed by atoms with Crippen molar-refractivity contribution in [3.8, 4) is 17.1 Å². The number of aromatic nitrogens is 5. The highest BCUT2D eigenvalue weighted by Crippen LogP contribution is 2.23. The molecule has 0 aliphatic carbocycles. The van der Waals surface area contributed by atoms with Gasteiger partial charge in [0.1, 0.15) is 22.8 Å². The van der Waals surface area contributed by atoms with E-state index in [4.69, 9.17) is 14.2 Å². The van der Waals surface area contributed by atoms with Crippen LogP contribution in [-0.4, -0.2) is 61.1 Å². The van der Waals surface area contributed by atoms with E-state index >= 15 is 0 Å². The molecule has 11 nitrogen and oxygen atoms in total. The van der Waals surface area contributed by atoms with E-state index in [0.717, 1.165) is 5.69 Å². The van der Waals surface area contributed by atoms with Crippen LogP contribution in [0.5, 0.6) is 5.75 Å². The maximum absolute atomic E-state index is 14.9. The van der Waals surface area contributed by atoms with Crippen LogP contribution in [0.2, 0.25) is 0 Å². The van der Waals surface area contributed by atoms with Crippen LogP contribution in [0.1, 0.15) is 53.7 Å². The highest BCUT2D eigenvalue weighted by molar-refractivity contribution is 5.73. The Bertz CT molecular complexity index is 1220. The Morgan fingerprint density at radius 3 is 2.44 bits per heavy atom. The minimum absolute atomic E-state index is 0.0260. The lowest BCUT2D eigenvalue weighted by Gasteiger charge is -2.24. The van der Waals surface area contributed by atoms with Crippen molar-refractivity contribution in [1.82, 2.24) is 30.5 Å². The average Bonchev–Trinajstić information content (AvgIpc) is 3.25. The Labute approximate surface area is 227 Å². The second kappa shape index (κ2) is 12.6. The number of carbonyl (C=O) groups excluding carboxylic acids is 2. The molecule has 0 radical (unpaired) electrons. The van der Waals surface area contributed by atoms with E-state index in [-0.39, 0.29) is 24.4 Å². The molecule has 1 amide bonds. The Kier molecular flexibility index (Phi) is 9.55. The average molecular weight is 543 g/mol. The number of halogens is 1. The number of esters is 1. The van der Waals surface area contributed by atoms with E-state index in [1.807, 2.05) is 18.2 Å². The zero-order valence-corrected chi connectivity index (χ0v) is 23.1. The van der Waals surface area contributed by atoms with Gasteiger partial charge in [0.2, 0.25) is 5.82 Å². The quantitative estimate of drug-likeness (QED) is 0.376. The Morgan fingerprint density at radius 2 is 1.79 bits per heavy atom. The predicted octanol–water partition coefficient (Wildman–Crippen LogP) is 4.12. The number of carbonyl (C=O) groups is 2. The van der Waals surface area contributed by atoms with Gasteiger partial charge in [-0.15, -0.1) is 10.2 Å². The molecule has 1 aromatic carbocycles. The molecule has 0 aliphatic rings. The fourth-order valence-corrected chi connectivity index (χ4v) is 3.43. The summed E-state index contributed by atoms with van der Waals surface area (Å²) in [4.78, 5) is 30.2. The van der Waals surface area contributed by atoms with Gasteiger partial charge in [0.05, 0.1) is 31.2 Å². The molecule has 210 valence electrons. The van der Waals surface area contributed by atoms with Crippen molar-refractivity contribution in [2.45, 2.75) is 78.2 Å². The third-order valence-corrected chi connectivity index (χ3v) is 4.93. The highest BCUT2D eigenvalue weighted by Gasteiger charge is 2.26. The Hall–Kier alpha value is -4.09. The van der Waals surface area contributed by atoms with E-state index in [1.165, 1.54) is 16.9 Å². The van der Waals surface area contributed by atoms with Crippen molar-refractivity contribution in [3.63, 3.8) is 0 Å². The van der Waals surface area contributed by atoms with E-state index in [0.29, 0.717) is 18.8 Å². The summed E-state index contributed by atoms with van der Waals surface area (Å²) < 4.78 is 31.2. The van der Waals surface area contributed by atoms with Crippen molar-refractivity contribution < 1.29 is 28.2 Å². The fraction of sp³-hybridized carbons (Fsp3) is 0.481. The van der Waals surface area contributed by atoms with Crippen LogP contribution in [-0.2, 0) is 27.2 Å². The van der Waals surface area contributed by atoms with Crippen LogP contribution in [0, 0.1) is 5.82 Å². The molecule has 1 atom stereocenters. The molecule has 12 heteroatoms. The van der Waals surface area contributed by atoms with Crippen LogP contribution in [0.3, 0.4) is 0 Å². The summed E-state index contributed by atoms with van der Waals surface area (Å²) in [6.07, 6.45) is 1.42. The molecule has 0 spiro atoms. The van der Waals surface area contributed by atoms with Gasteiger partial charge in [0.15, 0.2) is 0 Å². The molecule has 0 saturated carbocycles. The molecule has 0 bridgehead atoms. The number of pyridine rings is 1. The number of rotatable bonds is 10. The molecular formula is C27H35FN6O5. The maximum atomic E-state index is 14.9. The van der Waals surface area contributed by atoms with Gasteiger partial charge >= 0.3 is 12.1 Å². The summed E-state index contributed by atoms with van der Waals surface area (Å²) in [7, 11) is 0. The molecule has 0 unspecified atom stereocenters. The van der Waals surface area contributed by atoms with Gasteiger partial charge in [-0.3, -0.25) is 9.78 Å². The van der Waals surface area contributed by atoms with Gasteiger partial charge in [-0.25, -0.2) is 9.18 Å². The molecule has 3 aromatic rings. The highest BCUT2D eigenvalue weighted by atomic mass is 19.1. The number of nitrogens with one attached hydrogen (secondary N) is 1. The van der Waals surface area contributed by atoms with Gasteiger partial charge < -0.3 is 19.5 Å². The third kappa shape index (κ3) is 10.3. The minimum Gasteiger partial charge on any atom is -0.493 e. The summed E-state index contributed by atoms with van der Waals surface area (Å²) in [5.74, 6) is -0.699. The molecule has 2 heterocycles. The first-order valence-electron chi connectivity index (χ1n) is 12.6. The second-order valence-electron chi connectivity index (χ2n) is 10.9. The maximum Gasteiger partial charge on any atom is 0.407 e. The fourth-order valence-electron chi connectivity index (χ4n) is 3.43. The first-order valence-corrected chi connectivity index (χ1v) is 12.6. The Morgan fingerprint density at radius 1 is 1.05 bits per heavy atom. The number of alkyl carbamates (subject to hydrolysis) is 1. The van der Waals surface area contributed by atoms with Crippen molar-refractivity contribution in [1.29, 1.82) is 0 Å². The first-order chi connectivity index (χ1) is 18.3. The molecule has 3 rings (SSSR count). The SMILES string of the molecule is CC(C)(C)OC(=O)C[C@@H](Cn1nnc(-c2ccc(OCCc3ccccn3)cc2F)n1)NC(=O)OC(C)(C)C. The van der Waals surface area contributed by atoms with Crippen molar-refractivity contribution in [2.24, 2.45) is 0 Å². The van der Waals surface area contributed by atoms with Gasteiger partial charge in [-0.1, -0.05) is 6.07 Å². The molecular weight excluding hydrogens is 507 g/mol. The number of hydrogen-bond donors (Lipinski definition) is 1. The largest absolute Gasteiger partial charge is 0.493 e. The number of tetrazole rings is 1.